The number of benzene rings is 1. The maximum absolute atomic E-state index is 13.4. The summed E-state index contributed by atoms with van der Waals surface area (Å²) in [5, 5.41) is 3.20. The number of carbonyl (C=O) groups is 3. The molecule has 2 atom stereocenters. The summed E-state index contributed by atoms with van der Waals surface area (Å²) < 4.78 is 5.28. The Kier molecular flexibility index (Phi) is 8.75. The fraction of sp³-hybridized carbons (Fsp3) is 0.654. The van der Waals surface area contributed by atoms with Gasteiger partial charge in [-0.3, -0.25) is 14.4 Å². The first-order chi connectivity index (χ1) is 15.8. The number of likely N-dealkylation sites (tertiary alicyclic amines) is 2. The van der Waals surface area contributed by atoms with Crippen LogP contribution in [-0.2, 0) is 14.4 Å². The second-order valence-electron chi connectivity index (χ2n) is 9.73. The highest BCUT2D eigenvalue weighted by molar-refractivity contribution is 5.90. The SMILES string of the molecule is CCCCN1C(=O)CC(C(=O)NC2CCN(C(=O)CC(C)C)CC2)C1c1ccc(OC)cc1. The summed E-state index contributed by atoms with van der Waals surface area (Å²) >= 11 is 0. The molecular weight excluding hydrogens is 418 g/mol. The quantitative estimate of drug-likeness (QED) is 0.615. The van der Waals surface area contributed by atoms with Crippen molar-refractivity contribution in [3.63, 3.8) is 0 Å². The molecule has 0 bridgehead atoms. The average molecular weight is 458 g/mol. The van der Waals surface area contributed by atoms with Gasteiger partial charge in [-0.1, -0.05) is 39.3 Å². The van der Waals surface area contributed by atoms with Gasteiger partial charge in [-0.15, -0.1) is 0 Å². The topological polar surface area (TPSA) is 79.0 Å². The predicted molar refractivity (Wildman–Crippen MR) is 128 cm³/mol. The van der Waals surface area contributed by atoms with Crippen LogP contribution in [0.25, 0.3) is 0 Å². The normalized spacial score (nSPS) is 21.5. The van der Waals surface area contributed by atoms with Gasteiger partial charge in [0.1, 0.15) is 5.75 Å². The Bertz CT molecular complexity index is 815. The molecule has 1 aromatic rings. The van der Waals surface area contributed by atoms with Crippen LogP contribution in [-0.4, -0.2) is 60.3 Å². The van der Waals surface area contributed by atoms with Gasteiger partial charge in [-0.2, -0.15) is 0 Å². The van der Waals surface area contributed by atoms with E-state index in [4.69, 9.17) is 4.74 Å². The van der Waals surface area contributed by atoms with Crippen LogP contribution in [0.4, 0.5) is 0 Å². The molecule has 1 aromatic carbocycles. The van der Waals surface area contributed by atoms with Gasteiger partial charge in [-0.25, -0.2) is 0 Å². The van der Waals surface area contributed by atoms with Crippen molar-refractivity contribution in [2.24, 2.45) is 11.8 Å². The van der Waals surface area contributed by atoms with Gasteiger partial charge >= 0.3 is 0 Å². The zero-order valence-corrected chi connectivity index (χ0v) is 20.5. The van der Waals surface area contributed by atoms with Gasteiger partial charge in [0, 0.05) is 38.5 Å². The Morgan fingerprint density at radius 3 is 2.39 bits per heavy atom. The molecule has 2 unspecified atom stereocenters. The Morgan fingerprint density at radius 1 is 1.15 bits per heavy atom. The summed E-state index contributed by atoms with van der Waals surface area (Å²) in [5.41, 5.74) is 0.965. The number of piperidine rings is 1. The fourth-order valence-electron chi connectivity index (χ4n) is 4.89. The van der Waals surface area contributed by atoms with Gasteiger partial charge in [-0.05, 0) is 42.9 Å². The van der Waals surface area contributed by atoms with Gasteiger partial charge in [0.15, 0.2) is 0 Å². The lowest BCUT2D eigenvalue weighted by molar-refractivity contribution is -0.133. The van der Waals surface area contributed by atoms with Crippen LogP contribution in [0.1, 0.15) is 70.9 Å². The van der Waals surface area contributed by atoms with Crippen LogP contribution in [0, 0.1) is 11.8 Å². The highest BCUT2D eigenvalue weighted by Gasteiger charge is 2.44. The van der Waals surface area contributed by atoms with Crippen LogP contribution in [0.3, 0.4) is 0 Å². The van der Waals surface area contributed by atoms with E-state index in [1.165, 1.54) is 0 Å². The molecule has 3 rings (SSSR count). The third-order valence-electron chi connectivity index (χ3n) is 6.76. The molecule has 0 radical (unpaired) electrons. The van der Waals surface area contributed by atoms with Crippen molar-refractivity contribution in [3.05, 3.63) is 29.8 Å². The van der Waals surface area contributed by atoms with Crippen LogP contribution in [0.15, 0.2) is 24.3 Å². The van der Waals surface area contributed by atoms with E-state index in [1.807, 2.05) is 34.1 Å². The van der Waals surface area contributed by atoms with Crippen LogP contribution < -0.4 is 10.1 Å². The lowest BCUT2D eigenvalue weighted by Gasteiger charge is -2.34. The maximum Gasteiger partial charge on any atom is 0.226 e. The molecule has 33 heavy (non-hydrogen) atoms. The number of hydrogen-bond acceptors (Lipinski definition) is 4. The summed E-state index contributed by atoms with van der Waals surface area (Å²) in [5.74, 6) is 0.864. The van der Waals surface area contributed by atoms with E-state index in [-0.39, 0.29) is 36.2 Å². The number of unbranched alkanes of at least 4 members (excludes halogenated alkanes) is 1. The lowest BCUT2D eigenvalue weighted by atomic mass is 9.91. The zero-order chi connectivity index (χ0) is 24.0. The van der Waals surface area contributed by atoms with Gasteiger partial charge in [0.25, 0.3) is 0 Å². The predicted octanol–water partition coefficient (Wildman–Crippen LogP) is 3.54. The van der Waals surface area contributed by atoms with E-state index in [2.05, 4.69) is 26.1 Å². The summed E-state index contributed by atoms with van der Waals surface area (Å²) in [7, 11) is 1.62. The number of methoxy groups -OCH3 is 1. The van der Waals surface area contributed by atoms with E-state index in [9.17, 15) is 14.4 Å². The van der Waals surface area contributed by atoms with Crippen LogP contribution >= 0.6 is 0 Å². The Hall–Kier alpha value is -2.57. The average Bonchev–Trinajstić information content (AvgIpc) is 3.13. The highest BCUT2D eigenvalue weighted by Crippen LogP contribution is 2.39. The number of nitrogens with one attached hydrogen (secondary N) is 1. The molecule has 2 aliphatic rings. The molecule has 182 valence electrons. The second kappa shape index (κ2) is 11.5. The maximum atomic E-state index is 13.4. The second-order valence-corrected chi connectivity index (χ2v) is 9.73. The van der Waals surface area contributed by atoms with E-state index < -0.39 is 5.92 Å². The van der Waals surface area contributed by atoms with Crippen molar-refractivity contribution in [1.82, 2.24) is 15.1 Å². The third-order valence-corrected chi connectivity index (χ3v) is 6.76. The Morgan fingerprint density at radius 2 is 1.82 bits per heavy atom. The van der Waals surface area contributed by atoms with E-state index >= 15 is 0 Å². The molecule has 2 fully saturated rings. The molecule has 1 N–H and O–H groups in total. The first-order valence-corrected chi connectivity index (χ1v) is 12.4. The van der Waals surface area contributed by atoms with Crippen molar-refractivity contribution >= 4 is 17.7 Å². The number of hydrogen-bond donors (Lipinski definition) is 1. The molecule has 7 heteroatoms. The smallest absolute Gasteiger partial charge is 0.226 e. The summed E-state index contributed by atoms with van der Waals surface area (Å²) in [6.07, 6.45) is 4.21. The molecule has 2 heterocycles. The zero-order valence-electron chi connectivity index (χ0n) is 20.5. The molecule has 2 aliphatic heterocycles. The minimum atomic E-state index is -0.414. The van der Waals surface area contributed by atoms with Crippen molar-refractivity contribution in [2.75, 3.05) is 26.7 Å². The molecule has 7 nitrogen and oxygen atoms in total. The van der Waals surface area contributed by atoms with E-state index in [1.54, 1.807) is 7.11 Å². The van der Waals surface area contributed by atoms with Gasteiger partial charge < -0.3 is 19.9 Å². The first-order valence-electron chi connectivity index (χ1n) is 12.4. The van der Waals surface area contributed by atoms with Crippen LogP contribution in [0.2, 0.25) is 0 Å². The third kappa shape index (κ3) is 6.27. The number of nitrogens with zero attached hydrogens (tertiary/aromatic N) is 2. The molecule has 2 saturated heterocycles. The molecule has 0 saturated carbocycles. The minimum Gasteiger partial charge on any atom is -0.497 e. The van der Waals surface area contributed by atoms with Crippen LogP contribution in [0.5, 0.6) is 5.75 Å². The van der Waals surface area contributed by atoms with Gasteiger partial charge in [0.05, 0.1) is 19.1 Å². The molecule has 3 amide bonds. The summed E-state index contributed by atoms with van der Waals surface area (Å²) in [4.78, 5) is 42.4. The summed E-state index contributed by atoms with van der Waals surface area (Å²) in [6, 6.07) is 7.46. The summed E-state index contributed by atoms with van der Waals surface area (Å²) in [6.45, 7) is 8.21. The monoisotopic (exact) mass is 457 g/mol. The van der Waals surface area contributed by atoms with Crippen molar-refractivity contribution in [1.29, 1.82) is 0 Å². The number of rotatable bonds is 9. The van der Waals surface area contributed by atoms with Gasteiger partial charge in [0.2, 0.25) is 17.7 Å². The number of amides is 3. The highest BCUT2D eigenvalue weighted by atomic mass is 16.5. The molecule has 0 spiro atoms. The van der Waals surface area contributed by atoms with E-state index in [0.29, 0.717) is 32.0 Å². The first kappa shape index (κ1) is 25.1. The fourth-order valence-corrected chi connectivity index (χ4v) is 4.89. The molecule has 0 aromatic heterocycles. The number of carbonyl (C=O) groups excluding carboxylic acids is 3. The Labute approximate surface area is 197 Å². The lowest BCUT2D eigenvalue weighted by Crippen LogP contribution is -2.48. The largest absolute Gasteiger partial charge is 0.497 e. The molecular formula is C26H39N3O4. The van der Waals surface area contributed by atoms with Crippen molar-refractivity contribution < 1.29 is 19.1 Å². The minimum absolute atomic E-state index is 0.0388. The standard InChI is InChI=1S/C26H39N3O4/c1-5-6-13-29-24(31)17-22(25(29)19-7-9-21(33-4)10-8-19)26(32)27-20-11-14-28(15-12-20)23(30)16-18(2)3/h7-10,18,20,22,25H,5-6,11-17H2,1-4H3,(H,27,32). The van der Waals surface area contributed by atoms with E-state index in [0.717, 1.165) is 37.0 Å². The van der Waals surface area contributed by atoms with Crippen molar-refractivity contribution in [2.45, 2.75) is 71.4 Å². The van der Waals surface area contributed by atoms with Crippen molar-refractivity contribution in [3.8, 4) is 5.75 Å². The molecule has 0 aliphatic carbocycles. The Balaban J connectivity index is 1.67. The number of ether oxygens (including phenoxy) is 1.